The first kappa shape index (κ1) is 22.1. The molecular weight excluding hydrogens is 392 g/mol. The maximum Gasteiger partial charge on any atom is 0.338 e. The summed E-state index contributed by atoms with van der Waals surface area (Å²) in [5.74, 6) is -2.00. The Balaban J connectivity index is 2.00. The molecule has 0 aliphatic heterocycles. The topological polar surface area (TPSA) is 113 Å². The van der Waals surface area contributed by atoms with Gasteiger partial charge in [-0.2, -0.15) is 5.26 Å². The van der Waals surface area contributed by atoms with Crippen molar-refractivity contribution < 1.29 is 22.7 Å². The van der Waals surface area contributed by atoms with Gasteiger partial charge in [0.2, 0.25) is 0 Å². The van der Waals surface area contributed by atoms with Crippen molar-refractivity contribution >= 4 is 27.4 Å². The Bertz CT molecular complexity index is 1030. The third-order valence-electron chi connectivity index (χ3n) is 4.24. The zero-order valence-electron chi connectivity index (χ0n) is 16.4. The first-order chi connectivity index (χ1) is 13.6. The molecule has 0 heterocycles. The molecule has 0 fully saturated rings. The van der Waals surface area contributed by atoms with Crippen LogP contribution in [0.1, 0.15) is 34.0 Å². The van der Waals surface area contributed by atoms with Gasteiger partial charge in [-0.3, -0.25) is 4.79 Å². The van der Waals surface area contributed by atoms with E-state index in [9.17, 15) is 18.0 Å². The molecule has 7 nitrogen and oxygen atoms in total. The fraction of sp³-hybridized carbons (Fsp3) is 0.286. The van der Waals surface area contributed by atoms with Gasteiger partial charge in [0.15, 0.2) is 15.9 Å². The lowest BCUT2D eigenvalue weighted by Crippen LogP contribution is -2.30. The molecule has 2 rings (SSSR count). The predicted molar refractivity (Wildman–Crippen MR) is 109 cm³/mol. The molecule has 1 N–H and O–H groups in total. The smallest absolute Gasteiger partial charge is 0.338 e. The molecule has 8 heteroatoms. The van der Waals surface area contributed by atoms with Gasteiger partial charge in [-0.15, -0.1) is 0 Å². The molecule has 0 aromatic heterocycles. The van der Waals surface area contributed by atoms with Crippen molar-refractivity contribution in [1.29, 1.82) is 5.26 Å². The van der Waals surface area contributed by atoms with E-state index in [4.69, 9.17) is 10.00 Å². The van der Waals surface area contributed by atoms with Crippen molar-refractivity contribution in [1.82, 2.24) is 0 Å². The Labute approximate surface area is 170 Å². The average Bonchev–Trinajstić information content (AvgIpc) is 2.64. The van der Waals surface area contributed by atoms with Crippen molar-refractivity contribution in [2.45, 2.75) is 32.6 Å². The van der Waals surface area contributed by atoms with Crippen LogP contribution in [0.4, 0.5) is 5.69 Å². The number of nitrogens with zero attached hydrogens (tertiary/aromatic N) is 1. The number of esters is 1. The number of ether oxygens (including phenoxy) is 1. The van der Waals surface area contributed by atoms with Crippen LogP contribution in [0.25, 0.3) is 0 Å². The summed E-state index contributed by atoms with van der Waals surface area (Å²) in [6, 6.07) is 13.1. The number of anilines is 1. The molecule has 2 aromatic carbocycles. The highest BCUT2D eigenvalue weighted by atomic mass is 32.2. The molecule has 1 amide bonds. The number of carbonyl (C=O) groups excluding carboxylic acids is 2. The molecule has 2 aromatic rings. The van der Waals surface area contributed by atoms with Gasteiger partial charge in [0.05, 0.1) is 17.4 Å². The highest BCUT2D eigenvalue weighted by Gasteiger charge is 2.20. The van der Waals surface area contributed by atoms with E-state index >= 15 is 0 Å². The summed E-state index contributed by atoms with van der Waals surface area (Å²) in [5, 5.41) is 11.3. The molecule has 0 saturated heterocycles. The van der Waals surface area contributed by atoms with Crippen LogP contribution in [0.5, 0.6) is 0 Å². The summed E-state index contributed by atoms with van der Waals surface area (Å²) in [6.45, 7) is 5.22. The number of aryl methyl sites for hydroxylation is 2. The number of benzene rings is 2. The minimum absolute atomic E-state index is 0.193. The quantitative estimate of drug-likeness (QED) is 0.697. The van der Waals surface area contributed by atoms with Crippen LogP contribution < -0.4 is 5.32 Å². The number of nitrogens with one attached hydrogen (secondary N) is 1. The summed E-state index contributed by atoms with van der Waals surface area (Å²) >= 11 is 0. The van der Waals surface area contributed by atoms with Gasteiger partial charge in [-0.05, 0) is 49.6 Å². The maximum absolute atomic E-state index is 12.4. The van der Waals surface area contributed by atoms with Crippen molar-refractivity contribution in [2.75, 3.05) is 11.1 Å². The van der Waals surface area contributed by atoms with E-state index in [0.717, 1.165) is 11.1 Å². The van der Waals surface area contributed by atoms with E-state index in [0.29, 0.717) is 11.3 Å². The standard InChI is InChI=1S/C21H22N2O5S/c1-14-5-4-6-15(2)19(14)23-20(24)16(3)28-21(25)18-9-7-17(8-10-18)13-29(26,27)12-11-22/h4-10,16H,12-13H2,1-3H3,(H,23,24)/t16-/m0/s1. The fourth-order valence-electron chi connectivity index (χ4n) is 2.66. The number of hydrogen-bond acceptors (Lipinski definition) is 6. The number of sulfone groups is 1. The molecule has 0 aliphatic rings. The number of carbonyl (C=O) groups is 2. The largest absolute Gasteiger partial charge is 0.449 e. The monoisotopic (exact) mass is 414 g/mol. The second kappa shape index (κ2) is 9.34. The maximum atomic E-state index is 12.4. The zero-order chi connectivity index (χ0) is 21.6. The van der Waals surface area contributed by atoms with Gasteiger partial charge >= 0.3 is 5.97 Å². The van der Waals surface area contributed by atoms with E-state index < -0.39 is 33.6 Å². The first-order valence-corrected chi connectivity index (χ1v) is 10.7. The number of nitriles is 1. The molecule has 29 heavy (non-hydrogen) atoms. The summed E-state index contributed by atoms with van der Waals surface area (Å²) in [4.78, 5) is 24.7. The molecule has 0 spiro atoms. The van der Waals surface area contributed by atoms with Gasteiger partial charge in [-0.1, -0.05) is 30.3 Å². The second-order valence-electron chi connectivity index (χ2n) is 6.69. The van der Waals surface area contributed by atoms with E-state index in [-0.39, 0.29) is 11.3 Å². The van der Waals surface area contributed by atoms with Crippen LogP contribution in [0.15, 0.2) is 42.5 Å². The van der Waals surface area contributed by atoms with Crippen LogP contribution >= 0.6 is 0 Å². The van der Waals surface area contributed by atoms with Crippen molar-refractivity contribution in [2.24, 2.45) is 0 Å². The van der Waals surface area contributed by atoms with E-state index in [1.165, 1.54) is 31.2 Å². The van der Waals surface area contributed by atoms with Gasteiger partial charge in [-0.25, -0.2) is 13.2 Å². The minimum Gasteiger partial charge on any atom is -0.449 e. The van der Waals surface area contributed by atoms with Gasteiger partial charge in [0, 0.05) is 5.69 Å². The first-order valence-electron chi connectivity index (χ1n) is 8.87. The zero-order valence-corrected chi connectivity index (χ0v) is 17.2. The molecule has 0 saturated carbocycles. The molecule has 1 atom stereocenters. The Kier molecular flexibility index (Phi) is 7.13. The van der Waals surface area contributed by atoms with Gasteiger partial charge < -0.3 is 10.1 Å². The summed E-state index contributed by atoms with van der Waals surface area (Å²) in [5.41, 5.74) is 3.14. The van der Waals surface area contributed by atoms with Crippen LogP contribution in [0.2, 0.25) is 0 Å². The molecule has 0 radical (unpaired) electrons. The molecule has 0 unspecified atom stereocenters. The van der Waals surface area contributed by atoms with Gasteiger partial charge in [0.1, 0.15) is 5.75 Å². The number of hydrogen-bond donors (Lipinski definition) is 1. The number of amides is 1. The minimum atomic E-state index is -3.52. The molecule has 152 valence electrons. The third-order valence-corrected chi connectivity index (χ3v) is 5.59. The van der Waals surface area contributed by atoms with Crippen LogP contribution in [0, 0.1) is 25.2 Å². The highest BCUT2D eigenvalue weighted by Crippen LogP contribution is 2.20. The van der Waals surface area contributed by atoms with Crippen LogP contribution in [0.3, 0.4) is 0 Å². The van der Waals surface area contributed by atoms with Crippen molar-refractivity contribution in [3.8, 4) is 6.07 Å². The number of para-hydroxylation sites is 1. The molecular formula is C21H22N2O5S. The Hall–Kier alpha value is -3.18. The third kappa shape index (κ3) is 6.16. The lowest BCUT2D eigenvalue weighted by atomic mass is 10.1. The van der Waals surface area contributed by atoms with Gasteiger partial charge in [0.25, 0.3) is 5.91 Å². The van der Waals surface area contributed by atoms with Crippen LogP contribution in [-0.2, 0) is 25.1 Å². The SMILES string of the molecule is Cc1cccc(C)c1NC(=O)[C@H](C)OC(=O)c1ccc(CS(=O)(=O)CC#N)cc1. The van der Waals surface area contributed by atoms with Crippen LogP contribution in [-0.4, -0.2) is 32.2 Å². The Morgan fingerprint density at radius 1 is 1.10 bits per heavy atom. The summed E-state index contributed by atoms with van der Waals surface area (Å²) in [6.07, 6.45) is -1.02. The van der Waals surface area contributed by atoms with E-state index in [2.05, 4.69) is 5.32 Å². The molecule has 0 aliphatic carbocycles. The lowest BCUT2D eigenvalue weighted by Gasteiger charge is -2.16. The van der Waals surface area contributed by atoms with E-state index in [1.54, 1.807) is 6.07 Å². The summed E-state index contributed by atoms with van der Waals surface area (Å²) < 4.78 is 28.6. The van der Waals surface area contributed by atoms with Crippen molar-refractivity contribution in [3.63, 3.8) is 0 Å². The normalized spacial score (nSPS) is 11.9. The predicted octanol–water partition coefficient (Wildman–Crippen LogP) is 2.93. The molecule has 0 bridgehead atoms. The average molecular weight is 414 g/mol. The highest BCUT2D eigenvalue weighted by molar-refractivity contribution is 7.90. The lowest BCUT2D eigenvalue weighted by molar-refractivity contribution is -0.123. The Morgan fingerprint density at radius 3 is 2.24 bits per heavy atom. The fourth-order valence-corrected chi connectivity index (χ4v) is 3.66. The second-order valence-corrected chi connectivity index (χ2v) is 8.76. The number of rotatable bonds is 7. The Morgan fingerprint density at radius 2 is 1.69 bits per heavy atom. The van der Waals surface area contributed by atoms with E-state index in [1.807, 2.05) is 32.0 Å². The summed E-state index contributed by atoms with van der Waals surface area (Å²) in [7, 11) is -3.52. The van der Waals surface area contributed by atoms with Crippen molar-refractivity contribution in [3.05, 3.63) is 64.7 Å².